The highest BCUT2D eigenvalue weighted by Crippen LogP contribution is 2.60. The topological polar surface area (TPSA) is 98.9 Å². The van der Waals surface area contributed by atoms with E-state index in [2.05, 4.69) is 0 Å². The molecule has 0 spiro atoms. The van der Waals surface area contributed by atoms with Crippen LogP contribution in [0.15, 0.2) is 59.1 Å². The molecule has 1 saturated carbocycles. The number of phenols is 1. The summed E-state index contributed by atoms with van der Waals surface area (Å²) in [4.78, 5) is 24.7. The number of halogens is 2. The van der Waals surface area contributed by atoms with Crippen molar-refractivity contribution in [3.05, 3.63) is 64.7 Å². The number of esters is 1. The molecule has 158 valence electrons. The summed E-state index contributed by atoms with van der Waals surface area (Å²) >= 11 is 11.5. The molecule has 0 bridgehead atoms. The largest absolute Gasteiger partial charge is 0.508 e. The van der Waals surface area contributed by atoms with Crippen molar-refractivity contribution in [3.8, 4) is 17.2 Å². The lowest BCUT2D eigenvalue weighted by Gasteiger charge is -2.17. The van der Waals surface area contributed by atoms with Gasteiger partial charge in [0.15, 0.2) is 0 Å². The minimum atomic E-state index is -1.28. The van der Waals surface area contributed by atoms with Crippen LogP contribution in [-0.4, -0.2) is 17.0 Å². The van der Waals surface area contributed by atoms with Crippen LogP contribution < -0.4 is 10.5 Å². The van der Waals surface area contributed by atoms with Crippen LogP contribution in [0.3, 0.4) is 0 Å². The third-order valence-corrected chi connectivity index (χ3v) is 5.43. The number of primary amides is 1. The van der Waals surface area contributed by atoms with Gasteiger partial charge in [0.2, 0.25) is 6.10 Å². The molecule has 30 heavy (non-hydrogen) atoms. The van der Waals surface area contributed by atoms with E-state index in [-0.39, 0.29) is 16.2 Å². The minimum absolute atomic E-state index is 0.0558. The quantitative estimate of drug-likeness (QED) is 0.588. The summed E-state index contributed by atoms with van der Waals surface area (Å²) in [6, 6.07) is 12.8. The SMILES string of the molecule is CC1(C)C(C=C(Cl)Cl)C1C(=O)OC(C(N)=O)c1cccc(Oc2cccc(O)c2)c1. The van der Waals surface area contributed by atoms with E-state index in [0.29, 0.717) is 17.1 Å². The maximum Gasteiger partial charge on any atom is 0.311 e. The van der Waals surface area contributed by atoms with Gasteiger partial charge < -0.3 is 20.3 Å². The van der Waals surface area contributed by atoms with Crippen LogP contribution in [-0.2, 0) is 14.3 Å². The van der Waals surface area contributed by atoms with Crippen LogP contribution in [0.2, 0.25) is 0 Å². The number of carbonyl (C=O) groups is 2. The molecule has 2 aromatic rings. The van der Waals surface area contributed by atoms with Crippen molar-refractivity contribution < 1.29 is 24.2 Å². The van der Waals surface area contributed by atoms with Gasteiger partial charge in [-0.05, 0) is 41.7 Å². The van der Waals surface area contributed by atoms with E-state index in [9.17, 15) is 14.7 Å². The first-order valence-electron chi connectivity index (χ1n) is 9.19. The molecule has 0 aromatic heterocycles. The molecule has 1 amide bonds. The summed E-state index contributed by atoms with van der Waals surface area (Å²) in [5.41, 5.74) is 5.47. The molecule has 1 fully saturated rings. The lowest BCUT2D eigenvalue weighted by molar-refractivity contribution is -0.157. The van der Waals surface area contributed by atoms with Gasteiger partial charge in [-0.2, -0.15) is 0 Å². The number of benzene rings is 2. The average molecular weight is 450 g/mol. The van der Waals surface area contributed by atoms with Crippen molar-refractivity contribution in [2.45, 2.75) is 20.0 Å². The molecule has 1 aliphatic rings. The van der Waals surface area contributed by atoms with E-state index in [1.807, 2.05) is 13.8 Å². The Kier molecular flexibility index (Phi) is 6.29. The van der Waals surface area contributed by atoms with Gasteiger partial charge in [0, 0.05) is 11.6 Å². The molecule has 3 unspecified atom stereocenters. The van der Waals surface area contributed by atoms with Crippen LogP contribution in [0.4, 0.5) is 0 Å². The predicted molar refractivity (Wildman–Crippen MR) is 113 cm³/mol. The first-order valence-corrected chi connectivity index (χ1v) is 9.94. The molecule has 1 aliphatic carbocycles. The Morgan fingerprint density at radius 3 is 2.37 bits per heavy atom. The van der Waals surface area contributed by atoms with Crippen molar-refractivity contribution in [3.63, 3.8) is 0 Å². The zero-order valence-electron chi connectivity index (χ0n) is 16.3. The second-order valence-corrected chi connectivity index (χ2v) is 8.68. The van der Waals surface area contributed by atoms with Crippen LogP contribution in [0.1, 0.15) is 25.5 Å². The van der Waals surface area contributed by atoms with E-state index in [1.54, 1.807) is 42.5 Å². The van der Waals surface area contributed by atoms with Crippen molar-refractivity contribution in [2.24, 2.45) is 23.0 Å². The Labute approximate surface area is 184 Å². The highest BCUT2D eigenvalue weighted by atomic mass is 35.5. The number of hydrogen-bond donors (Lipinski definition) is 2. The second-order valence-electron chi connectivity index (χ2n) is 7.67. The Balaban J connectivity index is 1.78. The summed E-state index contributed by atoms with van der Waals surface area (Å²) in [5.74, 6) is -1.19. The molecule has 2 aromatic carbocycles. The van der Waals surface area contributed by atoms with E-state index in [4.69, 9.17) is 38.4 Å². The maximum atomic E-state index is 12.7. The lowest BCUT2D eigenvalue weighted by atomic mass is 10.1. The van der Waals surface area contributed by atoms with Gasteiger partial charge >= 0.3 is 5.97 Å². The summed E-state index contributed by atoms with van der Waals surface area (Å²) in [6.07, 6.45) is 0.315. The number of carbonyl (C=O) groups excluding carboxylic acids is 2. The van der Waals surface area contributed by atoms with Crippen molar-refractivity contribution >= 4 is 35.1 Å². The number of allylic oxidation sites excluding steroid dienone is 1. The Morgan fingerprint density at radius 2 is 1.77 bits per heavy atom. The standard InChI is InChI=1S/C22H21Cl2NO5/c1-22(2)16(11-17(23)24)18(22)21(28)30-19(20(25)27)12-5-3-7-14(9-12)29-15-8-4-6-13(26)10-15/h3-11,16,18-19,26H,1-2H3,(H2,25,27). The Morgan fingerprint density at radius 1 is 1.13 bits per heavy atom. The van der Waals surface area contributed by atoms with E-state index >= 15 is 0 Å². The molecule has 0 aliphatic heterocycles. The maximum absolute atomic E-state index is 12.7. The van der Waals surface area contributed by atoms with E-state index in [1.165, 1.54) is 12.1 Å². The highest BCUT2D eigenvalue weighted by Gasteiger charge is 2.62. The van der Waals surface area contributed by atoms with Gasteiger partial charge in [0.25, 0.3) is 5.91 Å². The first kappa shape index (κ1) is 22.0. The van der Waals surface area contributed by atoms with Crippen molar-refractivity contribution in [1.82, 2.24) is 0 Å². The summed E-state index contributed by atoms with van der Waals surface area (Å²) in [5, 5.41) is 9.56. The smallest absolute Gasteiger partial charge is 0.311 e. The Hall–Kier alpha value is -2.70. The van der Waals surface area contributed by atoms with Gasteiger partial charge in [0.05, 0.1) is 5.92 Å². The number of aromatic hydroxyl groups is 1. The van der Waals surface area contributed by atoms with Gasteiger partial charge in [-0.3, -0.25) is 9.59 Å². The number of phenolic OH excluding ortho intramolecular Hbond substituents is 1. The van der Waals surface area contributed by atoms with Crippen LogP contribution in [0, 0.1) is 17.3 Å². The molecular formula is C22H21Cl2NO5. The molecule has 6 nitrogen and oxygen atoms in total. The molecule has 3 atom stereocenters. The lowest BCUT2D eigenvalue weighted by Crippen LogP contribution is -2.27. The average Bonchev–Trinajstić information content (AvgIpc) is 3.18. The predicted octanol–water partition coefficient (Wildman–Crippen LogP) is 4.85. The normalized spacial score (nSPS) is 20.0. The van der Waals surface area contributed by atoms with Gasteiger partial charge in [-0.1, -0.05) is 55.2 Å². The molecule has 0 radical (unpaired) electrons. The fourth-order valence-corrected chi connectivity index (χ4v) is 3.75. The number of ether oxygens (including phenoxy) is 2. The summed E-state index contributed by atoms with van der Waals surface area (Å²) < 4.78 is 11.2. The summed E-state index contributed by atoms with van der Waals surface area (Å²) in [6.45, 7) is 3.78. The van der Waals surface area contributed by atoms with Crippen molar-refractivity contribution in [1.29, 1.82) is 0 Å². The molecular weight excluding hydrogens is 429 g/mol. The number of nitrogens with two attached hydrogens (primary N) is 1. The number of amides is 1. The summed E-state index contributed by atoms with van der Waals surface area (Å²) in [7, 11) is 0. The molecule has 3 N–H and O–H groups in total. The zero-order valence-corrected chi connectivity index (χ0v) is 17.9. The van der Waals surface area contributed by atoms with E-state index in [0.717, 1.165) is 0 Å². The molecule has 8 heteroatoms. The number of rotatable bonds is 7. The fourth-order valence-electron chi connectivity index (χ4n) is 3.48. The van der Waals surface area contributed by atoms with Crippen molar-refractivity contribution in [2.75, 3.05) is 0 Å². The van der Waals surface area contributed by atoms with E-state index < -0.39 is 29.3 Å². The van der Waals surface area contributed by atoms with Gasteiger partial charge in [-0.15, -0.1) is 0 Å². The molecule has 0 heterocycles. The van der Waals surface area contributed by atoms with Crippen LogP contribution in [0.25, 0.3) is 0 Å². The third kappa shape index (κ3) is 4.89. The van der Waals surface area contributed by atoms with Gasteiger partial charge in [0.1, 0.15) is 21.7 Å². The highest BCUT2D eigenvalue weighted by molar-refractivity contribution is 6.55. The first-order chi connectivity index (χ1) is 14.1. The second kappa shape index (κ2) is 8.58. The molecule has 0 saturated heterocycles. The molecule has 3 rings (SSSR count). The monoisotopic (exact) mass is 449 g/mol. The van der Waals surface area contributed by atoms with Crippen LogP contribution in [0.5, 0.6) is 17.2 Å². The zero-order chi connectivity index (χ0) is 22.1. The fraction of sp³-hybridized carbons (Fsp3) is 0.273. The van der Waals surface area contributed by atoms with Crippen LogP contribution >= 0.6 is 23.2 Å². The van der Waals surface area contributed by atoms with Gasteiger partial charge in [-0.25, -0.2) is 0 Å². The minimum Gasteiger partial charge on any atom is -0.508 e. The third-order valence-electron chi connectivity index (χ3n) is 5.18. The number of hydrogen-bond acceptors (Lipinski definition) is 5. The Bertz CT molecular complexity index is 1000.